The van der Waals surface area contributed by atoms with E-state index in [-0.39, 0.29) is 18.4 Å². The molecule has 0 aromatic rings. The van der Waals surface area contributed by atoms with E-state index in [4.69, 9.17) is 0 Å². The summed E-state index contributed by atoms with van der Waals surface area (Å²) in [6, 6.07) is 0. The highest BCUT2D eigenvalue weighted by atomic mass is 16.2. The van der Waals surface area contributed by atoms with Gasteiger partial charge in [0, 0.05) is 13.1 Å². The molecule has 0 atom stereocenters. The molecule has 1 heterocycles. The summed E-state index contributed by atoms with van der Waals surface area (Å²) in [5.41, 5.74) is 0. The highest BCUT2D eigenvalue weighted by molar-refractivity contribution is 5.91. The van der Waals surface area contributed by atoms with E-state index in [1.54, 1.807) is 0 Å². The molecular weight excluding hydrogens is 156 g/mol. The average Bonchev–Trinajstić information content (AvgIpc) is 2.28. The highest BCUT2D eigenvalue weighted by Crippen LogP contribution is 1.96. The minimum atomic E-state index is -0.174. The zero-order valence-electron chi connectivity index (χ0n) is 6.88. The first-order valence-electron chi connectivity index (χ1n) is 3.92. The van der Waals surface area contributed by atoms with Gasteiger partial charge in [-0.05, 0) is 12.5 Å². The van der Waals surface area contributed by atoms with Crippen LogP contribution >= 0.6 is 0 Å². The van der Waals surface area contributed by atoms with Gasteiger partial charge in [0.15, 0.2) is 0 Å². The minimum Gasteiger partial charge on any atom is -0.354 e. The van der Waals surface area contributed by atoms with E-state index in [9.17, 15) is 9.59 Å². The Morgan fingerprint density at radius 3 is 3.08 bits per heavy atom. The number of hydrogen-bond acceptors (Lipinski definition) is 2. The van der Waals surface area contributed by atoms with E-state index < -0.39 is 0 Å². The quantitative estimate of drug-likeness (QED) is 0.538. The molecule has 0 saturated carbocycles. The molecular formula is C8H12N2O2. The molecule has 66 valence electrons. The van der Waals surface area contributed by atoms with Crippen LogP contribution in [-0.2, 0) is 9.59 Å². The number of rotatable bonds is 1. The normalized spacial score (nSPS) is 18.0. The monoisotopic (exact) mass is 168 g/mol. The predicted molar refractivity (Wildman–Crippen MR) is 44.4 cm³/mol. The van der Waals surface area contributed by atoms with Gasteiger partial charge < -0.3 is 10.2 Å². The molecule has 0 aromatic heterocycles. The molecule has 2 amide bonds. The van der Waals surface area contributed by atoms with Crippen LogP contribution in [-0.4, -0.2) is 36.3 Å². The first kappa shape index (κ1) is 8.77. The molecule has 4 nitrogen and oxygen atoms in total. The third-order valence-corrected chi connectivity index (χ3v) is 1.75. The topological polar surface area (TPSA) is 49.4 Å². The van der Waals surface area contributed by atoms with Crippen molar-refractivity contribution in [3.63, 3.8) is 0 Å². The van der Waals surface area contributed by atoms with Gasteiger partial charge in [0.25, 0.3) is 0 Å². The molecule has 1 saturated heterocycles. The Bertz CT molecular complexity index is 213. The minimum absolute atomic E-state index is 0.0947. The summed E-state index contributed by atoms with van der Waals surface area (Å²) in [4.78, 5) is 23.6. The lowest BCUT2D eigenvalue weighted by Crippen LogP contribution is -2.36. The molecule has 0 radical (unpaired) electrons. The first-order valence-corrected chi connectivity index (χ1v) is 3.92. The van der Waals surface area contributed by atoms with Crippen LogP contribution in [0.15, 0.2) is 12.7 Å². The van der Waals surface area contributed by atoms with Gasteiger partial charge in [-0.15, -0.1) is 0 Å². The zero-order valence-corrected chi connectivity index (χ0v) is 6.88. The van der Waals surface area contributed by atoms with Crippen molar-refractivity contribution in [2.45, 2.75) is 6.42 Å². The fourth-order valence-corrected chi connectivity index (χ4v) is 1.12. The second kappa shape index (κ2) is 3.90. The van der Waals surface area contributed by atoms with Gasteiger partial charge in [0.2, 0.25) is 11.8 Å². The Labute approximate surface area is 71.2 Å². The van der Waals surface area contributed by atoms with E-state index in [2.05, 4.69) is 11.9 Å². The van der Waals surface area contributed by atoms with Gasteiger partial charge >= 0.3 is 0 Å². The van der Waals surface area contributed by atoms with Gasteiger partial charge in [-0.1, -0.05) is 6.58 Å². The van der Waals surface area contributed by atoms with Crippen LogP contribution in [0.2, 0.25) is 0 Å². The Morgan fingerprint density at radius 1 is 1.67 bits per heavy atom. The largest absolute Gasteiger partial charge is 0.354 e. The molecule has 0 bridgehead atoms. The molecule has 12 heavy (non-hydrogen) atoms. The molecule has 0 unspecified atom stereocenters. The maximum Gasteiger partial charge on any atom is 0.246 e. The first-order chi connectivity index (χ1) is 5.74. The summed E-state index contributed by atoms with van der Waals surface area (Å²) in [6.45, 7) is 4.81. The van der Waals surface area contributed by atoms with E-state index in [0.717, 1.165) is 6.42 Å². The fourth-order valence-electron chi connectivity index (χ4n) is 1.12. The Balaban J connectivity index is 2.57. The SMILES string of the molecule is C=CC(=O)N1CCCNC(=O)C1. The summed E-state index contributed by atoms with van der Waals surface area (Å²) in [6.07, 6.45) is 2.05. The lowest BCUT2D eigenvalue weighted by Gasteiger charge is -2.15. The number of nitrogens with one attached hydrogen (secondary N) is 1. The second-order valence-electron chi connectivity index (χ2n) is 2.67. The van der Waals surface area contributed by atoms with Crippen LogP contribution < -0.4 is 5.32 Å². The van der Waals surface area contributed by atoms with Crippen molar-refractivity contribution >= 4 is 11.8 Å². The lowest BCUT2D eigenvalue weighted by atomic mass is 10.4. The van der Waals surface area contributed by atoms with Crippen LogP contribution in [0.3, 0.4) is 0 Å². The number of nitrogens with zero attached hydrogens (tertiary/aromatic N) is 1. The van der Waals surface area contributed by atoms with E-state index >= 15 is 0 Å². The summed E-state index contributed by atoms with van der Waals surface area (Å²) >= 11 is 0. The average molecular weight is 168 g/mol. The summed E-state index contributed by atoms with van der Waals surface area (Å²) in [7, 11) is 0. The van der Waals surface area contributed by atoms with Crippen LogP contribution in [0, 0.1) is 0 Å². The predicted octanol–water partition coefficient (Wildman–Crippen LogP) is -0.479. The van der Waals surface area contributed by atoms with Crippen molar-refractivity contribution in [2.75, 3.05) is 19.6 Å². The van der Waals surface area contributed by atoms with Crippen molar-refractivity contribution in [3.8, 4) is 0 Å². The maximum atomic E-state index is 11.1. The van der Waals surface area contributed by atoms with Gasteiger partial charge in [-0.2, -0.15) is 0 Å². The summed E-state index contributed by atoms with van der Waals surface area (Å²) in [5, 5.41) is 2.69. The Hall–Kier alpha value is -1.32. The number of amides is 2. The fraction of sp³-hybridized carbons (Fsp3) is 0.500. The molecule has 1 aliphatic heterocycles. The summed E-state index contributed by atoms with van der Waals surface area (Å²) < 4.78 is 0. The Morgan fingerprint density at radius 2 is 2.42 bits per heavy atom. The van der Waals surface area contributed by atoms with Crippen molar-refractivity contribution in [2.24, 2.45) is 0 Å². The van der Waals surface area contributed by atoms with Crippen LogP contribution in [0.1, 0.15) is 6.42 Å². The Kier molecular flexibility index (Phi) is 2.85. The van der Waals surface area contributed by atoms with E-state index in [0.29, 0.717) is 13.1 Å². The van der Waals surface area contributed by atoms with E-state index in [1.165, 1.54) is 11.0 Å². The molecule has 0 aromatic carbocycles. The highest BCUT2D eigenvalue weighted by Gasteiger charge is 2.16. The van der Waals surface area contributed by atoms with Crippen molar-refractivity contribution in [1.82, 2.24) is 10.2 Å². The molecule has 0 spiro atoms. The molecule has 1 rings (SSSR count). The molecule has 1 aliphatic rings. The third-order valence-electron chi connectivity index (χ3n) is 1.75. The number of hydrogen-bond donors (Lipinski definition) is 1. The van der Waals surface area contributed by atoms with Crippen LogP contribution in [0.4, 0.5) is 0 Å². The molecule has 1 fully saturated rings. The molecule has 0 aliphatic carbocycles. The van der Waals surface area contributed by atoms with Crippen molar-refractivity contribution < 1.29 is 9.59 Å². The number of carbonyl (C=O) groups is 2. The van der Waals surface area contributed by atoms with Gasteiger partial charge in [0.05, 0.1) is 6.54 Å². The van der Waals surface area contributed by atoms with Crippen LogP contribution in [0.5, 0.6) is 0 Å². The van der Waals surface area contributed by atoms with Crippen molar-refractivity contribution in [1.29, 1.82) is 0 Å². The van der Waals surface area contributed by atoms with Gasteiger partial charge in [-0.25, -0.2) is 0 Å². The third kappa shape index (κ3) is 2.08. The lowest BCUT2D eigenvalue weighted by molar-refractivity contribution is -0.131. The molecule has 4 heteroatoms. The van der Waals surface area contributed by atoms with E-state index in [1.807, 2.05) is 0 Å². The number of carbonyl (C=O) groups excluding carboxylic acids is 2. The smallest absolute Gasteiger partial charge is 0.246 e. The maximum absolute atomic E-state index is 11.1. The van der Waals surface area contributed by atoms with Gasteiger partial charge in [-0.3, -0.25) is 9.59 Å². The zero-order chi connectivity index (χ0) is 8.97. The second-order valence-corrected chi connectivity index (χ2v) is 2.67. The van der Waals surface area contributed by atoms with Gasteiger partial charge in [0.1, 0.15) is 0 Å². The summed E-state index contributed by atoms with van der Waals surface area (Å²) in [5.74, 6) is -0.269. The molecule has 1 N–H and O–H groups in total. The van der Waals surface area contributed by atoms with Crippen LogP contribution in [0.25, 0.3) is 0 Å². The van der Waals surface area contributed by atoms with Crippen molar-refractivity contribution in [3.05, 3.63) is 12.7 Å². The standard InChI is InChI=1S/C8H12N2O2/c1-2-8(12)10-5-3-4-9-7(11)6-10/h2H,1,3-6H2,(H,9,11).